The molecule has 0 fully saturated rings. The monoisotopic (exact) mass is 381 g/mol. The van der Waals surface area contributed by atoms with Crippen molar-refractivity contribution in [2.24, 2.45) is 0 Å². The number of halogens is 1. The molecule has 4 nitrogen and oxygen atoms in total. The van der Waals surface area contributed by atoms with Crippen molar-refractivity contribution in [3.63, 3.8) is 0 Å². The second-order valence-electron chi connectivity index (χ2n) is 5.07. The Bertz CT molecular complexity index is 678. The van der Waals surface area contributed by atoms with Crippen LogP contribution < -0.4 is 4.90 Å². The van der Waals surface area contributed by atoms with E-state index in [1.807, 2.05) is 36.9 Å². The highest BCUT2D eigenvalue weighted by atomic mass is 127. The number of para-hydroxylation sites is 1. The van der Waals surface area contributed by atoms with Crippen LogP contribution in [0.25, 0.3) is 0 Å². The van der Waals surface area contributed by atoms with Crippen molar-refractivity contribution in [3.8, 4) is 0 Å². The number of aromatic nitrogens is 2. The maximum Gasteiger partial charge on any atom is 0.248 e. The number of anilines is 1. The molecule has 0 bridgehead atoms. The van der Waals surface area contributed by atoms with Crippen molar-refractivity contribution in [3.05, 3.63) is 44.8 Å². The zero-order valence-corrected chi connectivity index (χ0v) is 13.7. The summed E-state index contributed by atoms with van der Waals surface area (Å²) >= 11 is 2.28. The van der Waals surface area contributed by atoms with E-state index in [2.05, 4.69) is 33.8 Å². The highest BCUT2D eigenvalue weighted by Gasteiger charge is 2.25. The Balaban J connectivity index is 1.83. The van der Waals surface area contributed by atoms with E-state index in [1.165, 1.54) is 5.56 Å². The molecule has 0 saturated heterocycles. The summed E-state index contributed by atoms with van der Waals surface area (Å²) in [6, 6.07) is 8.12. The van der Waals surface area contributed by atoms with E-state index in [9.17, 15) is 4.79 Å². The van der Waals surface area contributed by atoms with Gasteiger partial charge in [-0.05, 0) is 54.5 Å². The third-order valence-corrected chi connectivity index (χ3v) is 5.33. The van der Waals surface area contributed by atoms with Crippen LogP contribution in [0.5, 0.6) is 0 Å². The fraction of sp³-hybridized carbons (Fsp3) is 0.333. The minimum Gasteiger partial charge on any atom is -0.310 e. The van der Waals surface area contributed by atoms with Crippen molar-refractivity contribution >= 4 is 34.2 Å². The molecule has 1 amide bonds. The van der Waals surface area contributed by atoms with Crippen molar-refractivity contribution < 1.29 is 4.79 Å². The third kappa shape index (κ3) is 2.24. The highest BCUT2D eigenvalue weighted by Crippen LogP contribution is 2.27. The molecule has 0 atom stereocenters. The molecule has 0 aliphatic carbocycles. The minimum atomic E-state index is 0.108. The first kappa shape index (κ1) is 13.6. The van der Waals surface area contributed by atoms with Crippen LogP contribution in [-0.4, -0.2) is 22.2 Å². The Morgan fingerprint density at radius 1 is 1.35 bits per heavy atom. The lowest BCUT2D eigenvalue weighted by atomic mass is 10.2. The maximum absolute atomic E-state index is 12.5. The summed E-state index contributed by atoms with van der Waals surface area (Å²) in [5.41, 5.74) is 4.35. The zero-order valence-electron chi connectivity index (χ0n) is 11.6. The Morgan fingerprint density at radius 2 is 2.10 bits per heavy atom. The van der Waals surface area contributed by atoms with E-state index >= 15 is 0 Å². The lowest BCUT2D eigenvalue weighted by Gasteiger charge is -2.17. The lowest BCUT2D eigenvalue weighted by molar-refractivity contribution is -0.119. The Labute approximate surface area is 131 Å². The second kappa shape index (κ2) is 5.20. The molecule has 0 saturated carbocycles. The van der Waals surface area contributed by atoms with E-state index in [-0.39, 0.29) is 5.91 Å². The smallest absolute Gasteiger partial charge is 0.248 e. The van der Waals surface area contributed by atoms with Gasteiger partial charge in [-0.2, -0.15) is 5.10 Å². The first-order chi connectivity index (χ1) is 9.58. The molecule has 0 spiro atoms. The number of benzene rings is 1. The number of nitrogens with zero attached hydrogens (tertiary/aromatic N) is 3. The van der Waals surface area contributed by atoms with Crippen LogP contribution in [0, 0.1) is 17.4 Å². The van der Waals surface area contributed by atoms with Gasteiger partial charge in [0.15, 0.2) is 0 Å². The zero-order chi connectivity index (χ0) is 14.3. The van der Waals surface area contributed by atoms with Crippen LogP contribution in [0.1, 0.15) is 17.0 Å². The summed E-state index contributed by atoms with van der Waals surface area (Å²) in [6.07, 6.45) is 0.941. The Morgan fingerprint density at radius 3 is 2.80 bits per heavy atom. The topological polar surface area (TPSA) is 38.1 Å². The fourth-order valence-electron chi connectivity index (χ4n) is 2.64. The first-order valence-electron chi connectivity index (χ1n) is 6.65. The van der Waals surface area contributed by atoms with E-state index in [4.69, 9.17) is 0 Å². The summed E-state index contributed by atoms with van der Waals surface area (Å²) in [4.78, 5) is 14.4. The number of hydrogen-bond donors (Lipinski definition) is 0. The summed E-state index contributed by atoms with van der Waals surface area (Å²) in [5, 5.41) is 4.44. The standard InChI is InChI=1S/C15H16IN3O/c1-10-15(16)11(2)19(17-10)9-14(20)18-8-7-12-5-3-4-6-13(12)18/h3-6H,7-9H2,1-2H3. The van der Waals surface area contributed by atoms with Crippen molar-refractivity contribution in [2.75, 3.05) is 11.4 Å². The van der Waals surface area contributed by atoms with E-state index < -0.39 is 0 Å². The summed E-state index contributed by atoms with van der Waals surface area (Å²) < 4.78 is 2.94. The molecule has 104 valence electrons. The molecule has 20 heavy (non-hydrogen) atoms. The van der Waals surface area contributed by atoms with Crippen LogP contribution in [-0.2, 0) is 17.8 Å². The van der Waals surface area contributed by atoms with Gasteiger partial charge in [0.05, 0.1) is 9.26 Å². The average molecular weight is 381 g/mol. The number of amides is 1. The number of hydrogen-bond acceptors (Lipinski definition) is 2. The second-order valence-corrected chi connectivity index (χ2v) is 6.15. The van der Waals surface area contributed by atoms with Crippen molar-refractivity contribution in [2.45, 2.75) is 26.8 Å². The first-order valence-corrected chi connectivity index (χ1v) is 7.73. The van der Waals surface area contributed by atoms with Gasteiger partial charge >= 0.3 is 0 Å². The molecule has 1 aliphatic rings. The van der Waals surface area contributed by atoms with Crippen LogP contribution in [0.2, 0.25) is 0 Å². The Hall–Kier alpha value is -1.37. The van der Waals surface area contributed by atoms with Gasteiger partial charge in [0.25, 0.3) is 0 Å². The van der Waals surface area contributed by atoms with Gasteiger partial charge in [-0.1, -0.05) is 18.2 Å². The lowest BCUT2D eigenvalue weighted by Crippen LogP contribution is -2.32. The van der Waals surface area contributed by atoms with Gasteiger partial charge < -0.3 is 4.90 Å². The third-order valence-electron chi connectivity index (χ3n) is 3.77. The fourth-order valence-corrected chi connectivity index (χ4v) is 3.03. The highest BCUT2D eigenvalue weighted by molar-refractivity contribution is 14.1. The van der Waals surface area contributed by atoms with Gasteiger partial charge in [0.1, 0.15) is 6.54 Å². The van der Waals surface area contributed by atoms with Crippen LogP contribution in [0.4, 0.5) is 5.69 Å². The molecule has 0 unspecified atom stereocenters. The van der Waals surface area contributed by atoms with Gasteiger partial charge in [-0.3, -0.25) is 9.48 Å². The number of carbonyl (C=O) groups excluding carboxylic acids is 1. The predicted octanol–water partition coefficient (Wildman–Crippen LogP) is 2.69. The normalized spacial score (nSPS) is 13.7. The van der Waals surface area contributed by atoms with Gasteiger partial charge in [-0.15, -0.1) is 0 Å². The molecule has 1 aromatic heterocycles. The molecule has 0 radical (unpaired) electrons. The van der Waals surface area contributed by atoms with Crippen LogP contribution in [0.15, 0.2) is 24.3 Å². The number of rotatable bonds is 2. The van der Waals surface area contributed by atoms with Crippen molar-refractivity contribution in [1.29, 1.82) is 0 Å². The molecule has 2 heterocycles. The van der Waals surface area contributed by atoms with Crippen LogP contribution in [0.3, 0.4) is 0 Å². The summed E-state index contributed by atoms with van der Waals surface area (Å²) in [7, 11) is 0. The number of fused-ring (bicyclic) bond motifs is 1. The molecule has 5 heteroatoms. The van der Waals surface area contributed by atoms with Gasteiger partial charge in [-0.25, -0.2) is 0 Å². The Kier molecular flexibility index (Phi) is 3.54. The van der Waals surface area contributed by atoms with E-state index in [0.717, 1.165) is 33.6 Å². The maximum atomic E-state index is 12.5. The van der Waals surface area contributed by atoms with Gasteiger partial charge in [0, 0.05) is 17.9 Å². The summed E-state index contributed by atoms with van der Waals surface area (Å²) in [6.45, 7) is 5.06. The van der Waals surface area contributed by atoms with Gasteiger partial charge in [0.2, 0.25) is 5.91 Å². The molecular formula is C15H16IN3O. The number of carbonyl (C=O) groups is 1. The number of aryl methyl sites for hydroxylation is 1. The minimum absolute atomic E-state index is 0.108. The van der Waals surface area contributed by atoms with Crippen molar-refractivity contribution in [1.82, 2.24) is 9.78 Å². The SMILES string of the molecule is Cc1nn(CC(=O)N2CCc3ccccc32)c(C)c1I. The predicted molar refractivity (Wildman–Crippen MR) is 86.9 cm³/mol. The molecule has 1 aliphatic heterocycles. The molecule has 3 rings (SSSR count). The van der Waals surface area contributed by atoms with E-state index in [1.54, 1.807) is 4.68 Å². The average Bonchev–Trinajstić information content (AvgIpc) is 2.97. The van der Waals surface area contributed by atoms with Crippen LogP contribution >= 0.6 is 22.6 Å². The molecule has 1 aromatic carbocycles. The summed E-state index contributed by atoms with van der Waals surface area (Å²) in [5.74, 6) is 0.108. The molecule has 0 N–H and O–H groups in total. The largest absolute Gasteiger partial charge is 0.310 e. The van der Waals surface area contributed by atoms with E-state index in [0.29, 0.717) is 6.54 Å². The quantitative estimate of drug-likeness (QED) is 0.751. The molecule has 2 aromatic rings. The molecular weight excluding hydrogens is 365 g/mol.